The Bertz CT molecular complexity index is 1230. The summed E-state index contributed by atoms with van der Waals surface area (Å²) >= 11 is 1.33. The van der Waals surface area contributed by atoms with Crippen molar-refractivity contribution in [2.24, 2.45) is 5.92 Å². The minimum atomic E-state index is -1.05. The molecule has 0 spiro atoms. The summed E-state index contributed by atoms with van der Waals surface area (Å²) in [4.78, 5) is 30.5. The summed E-state index contributed by atoms with van der Waals surface area (Å²) in [6, 6.07) is 11.1. The molecular formula is C26H31FN4O4S. The highest BCUT2D eigenvalue weighted by Crippen LogP contribution is 2.33. The van der Waals surface area contributed by atoms with E-state index in [2.05, 4.69) is 15.6 Å². The number of ether oxygens (including phenoxy) is 1. The van der Waals surface area contributed by atoms with E-state index < -0.39 is 11.7 Å². The second-order valence-corrected chi connectivity index (χ2v) is 10.7. The van der Waals surface area contributed by atoms with E-state index >= 15 is 0 Å². The Kier molecular flexibility index (Phi) is 7.87. The predicted octanol–water partition coefficient (Wildman–Crippen LogP) is 4.26. The van der Waals surface area contributed by atoms with Gasteiger partial charge in [0.25, 0.3) is 0 Å². The van der Waals surface area contributed by atoms with Crippen LogP contribution in [0, 0.1) is 11.7 Å². The molecule has 36 heavy (non-hydrogen) atoms. The molecule has 0 aliphatic carbocycles. The first-order chi connectivity index (χ1) is 17.1. The lowest BCUT2D eigenvalue weighted by molar-refractivity contribution is -0.129. The topological polar surface area (TPSA) is 104 Å². The highest BCUT2D eigenvalue weighted by molar-refractivity contribution is 7.22. The Morgan fingerprint density at radius 3 is 2.69 bits per heavy atom. The smallest absolute Gasteiger partial charge is 0.240 e. The Labute approximate surface area is 213 Å². The summed E-state index contributed by atoms with van der Waals surface area (Å²) in [7, 11) is 0. The SMILES string of the molecule is CC(=O)Nc1ccc2nc(NC(=O)CN3CC[C@@](O)(CC(C)C)[C@@H](Oc4ccc(F)cc4)C3)sc2c1. The van der Waals surface area contributed by atoms with E-state index in [1.165, 1.54) is 30.4 Å². The lowest BCUT2D eigenvalue weighted by atomic mass is 9.81. The fourth-order valence-corrected chi connectivity index (χ4v) is 5.46. The molecule has 0 bridgehead atoms. The average Bonchev–Trinajstić information content (AvgIpc) is 3.18. The van der Waals surface area contributed by atoms with Crippen LogP contribution in [0.25, 0.3) is 10.2 Å². The summed E-state index contributed by atoms with van der Waals surface area (Å²) in [5.74, 6) is 0.00201. The molecule has 4 rings (SSSR count). The fraction of sp³-hybridized carbons (Fsp3) is 0.423. The van der Waals surface area contributed by atoms with Crippen LogP contribution in [-0.2, 0) is 9.59 Å². The molecule has 2 heterocycles. The van der Waals surface area contributed by atoms with Gasteiger partial charge in [0.15, 0.2) is 5.13 Å². The molecule has 2 aromatic carbocycles. The number of hydrogen-bond acceptors (Lipinski definition) is 7. The van der Waals surface area contributed by atoms with Crippen molar-refractivity contribution in [3.05, 3.63) is 48.3 Å². The molecule has 1 saturated heterocycles. The van der Waals surface area contributed by atoms with E-state index in [0.29, 0.717) is 42.5 Å². The number of carbonyl (C=O) groups is 2. The van der Waals surface area contributed by atoms with Crippen molar-refractivity contribution in [1.29, 1.82) is 0 Å². The summed E-state index contributed by atoms with van der Waals surface area (Å²) in [5, 5.41) is 17.5. The number of halogens is 1. The third-order valence-corrected chi connectivity index (χ3v) is 6.99. The Hall–Kier alpha value is -3.08. The van der Waals surface area contributed by atoms with Crippen LogP contribution in [0.5, 0.6) is 5.75 Å². The number of benzene rings is 2. The summed E-state index contributed by atoms with van der Waals surface area (Å²) in [5.41, 5.74) is 0.355. The van der Waals surface area contributed by atoms with Crippen molar-refractivity contribution in [3.63, 3.8) is 0 Å². The third-order valence-electron chi connectivity index (χ3n) is 6.06. The summed E-state index contributed by atoms with van der Waals surface area (Å²) < 4.78 is 20.3. The molecule has 3 aromatic rings. The van der Waals surface area contributed by atoms with E-state index in [0.717, 1.165) is 10.2 Å². The Balaban J connectivity index is 1.41. The van der Waals surface area contributed by atoms with E-state index in [1.54, 1.807) is 24.3 Å². The summed E-state index contributed by atoms with van der Waals surface area (Å²) in [6.07, 6.45) is 0.448. The second kappa shape index (κ2) is 10.9. The molecule has 1 aromatic heterocycles. The highest BCUT2D eigenvalue weighted by atomic mass is 32.1. The van der Waals surface area contributed by atoms with Crippen LogP contribution in [0.2, 0.25) is 0 Å². The maximum atomic E-state index is 13.3. The quantitative estimate of drug-likeness (QED) is 0.415. The fourth-order valence-electron chi connectivity index (χ4n) is 4.54. The Morgan fingerprint density at radius 2 is 2.00 bits per heavy atom. The van der Waals surface area contributed by atoms with Crippen LogP contribution in [0.15, 0.2) is 42.5 Å². The van der Waals surface area contributed by atoms with E-state index in [1.807, 2.05) is 24.8 Å². The van der Waals surface area contributed by atoms with Gasteiger partial charge in [-0.15, -0.1) is 0 Å². The van der Waals surface area contributed by atoms with Gasteiger partial charge >= 0.3 is 0 Å². The van der Waals surface area contributed by atoms with Crippen molar-refractivity contribution in [1.82, 2.24) is 9.88 Å². The molecule has 10 heteroatoms. The molecule has 8 nitrogen and oxygen atoms in total. The van der Waals surface area contributed by atoms with Crippen LogP contribution in [0.4, 0.5) is 15.2 Å². The van der Waals surface area contributed by atoms with E-state index in [4.69, 9.17) is 4.74 Å². The van der Waals surface area contributed by atoms with E-state index in [9.17, 15) is 19.1 Å². The zero-order chi connectivity index (χ0) is 25.9. The number of piperidine rings is 1. The number of carbonyl (C=O) groups excluding carboxylic acids is 2. The van der Waals surface area contributed by atoms with Crippen LogP contribution in [0.3, 0.4) is 0 Å². The minimum Gasteiger partial charge on any atom is -0.486 e. The average molecular weight is 515 g/mol. The summed E-state index contributed by atoms with van der Waals surface area (Å²) in [6.45, 7) is 6.55. The first-order valence-corrected chi connectivity index (χ1v) is 12.8. The molecule has 2 amide bonds. The monoisotopic (exact) mass is 514 g/mol. The van der Waals surface area contributed by atoms with Crippen LogP contribution < -0.4 is 15.4 Å². The predicted molar refractivity (Wildman–Crippen MR) is 139 cm³/mol. The van der Waals surface area contributed by atoms with Crippen LogP contribution >= 0.6 is 11.3 Å². The number of aromatic nitrogens is 1. The van der Waals surface area contributed by atoms with Gasteiger partial charge in [-0.2, -0.15) is 0 Å². The van der Waals surface area contributed by atoms with Gasteiger partial charge in [0.1, 0.15) is 23.3 Å². The molecule has 1 aliphatic rings. The standard InChI is InChI=1S/C26H31FN4O4S/c1-16(2)13-26(34)10-11-31(14-23(26)35-20-7-4-18(27)5-8-20)15-24(33)30-25-29-21-9-6-19(28-17(3)32)12-22(21)36-25/h4-9,12,16,23,34H,10-11,13-15H2,1-3H3,(H,28,32)(H,29,30,33)/t23-,26+/m0/s1. The van der Waals surface area contributed by atoms with Gasteiger partial charge in [-0.05, 0) is 61.2 Å². The number of amides is 2. The number of nitrogens with zero attached hydrogens (tertiary/aromatic N) is 2. The molecule has 0 unspecified atom stereocenters. The largest absolute Gasteiger partial charge is 0.486 e. The number of hydrogen-bond donors (Lipinski definition) is 3. The van der Waals surface area contributed by atoms with Crippen LogP contribution in [0.1, 0.15) is 33.6 Å². The third kappa shape index (κ3) is 6.57. The maximum Gasteiger partial charge on any atom is 0.240 e. The normalized spacial score (nSPS) is 20.4. The van der Waals surface area contributed by atoms with Crippen molar-refractivity contribution < 1.29 is 23.8 Å². The van der Waals surface area contributed by atoms with Crippen molar-refractivity contribution in [3.8, 4) is 5.75 Å². The number of nitrogens with one attached hydrogen (secondary N) is 2. The molecule has 0 radical (unpaired) electrons. The van der Waals surface area contributed by atoms with E-state index in [-0.39, 0.29) is 30.1 Å². The van der Waals surface area contributed by atoms with Gasteiger partial charge in [0.05, 0.1) is 16.8 Å². The number of fused-ring (bicyclic) bond motifs is 1. The zero-order valence-electron chi connectivity index (χ0n) is 20.6. The lowest BCUT2D eigenvalue weighted by Gasteiger charge is -2.44. The number of likely N-dealkylation sites (tertiary alicyclic amines) is 1. The van der Waals surface area contributed by atoms with Gasteiger partial charge in [0, 0.05) is 25.7 Å². The number of rotatable bonds is 8. The highest BCUT2D eigenvalue weighted by Gasteiger charge is 2.44. The molecule has 192 valence electrons. The molecule has 1 fully saturated rings. The van der Waals surface area contributed by atoms with Crippen molar-refractivity contribution in [2.75, 3.05) is 30.3 Å². The molecular weight excluding hydrogens is 483 g/mol. The second-order valence-electron chi connectivity index (χ2n) is 9.68. The molecule has 2 atom stereocenters. The zero-order valence-corrected chi connectivity index (χ0v) is 21.4. The molecule has 3 N–H and O–H groups in total. The van der Waals surface area contributed by atoms with Crippen molar-refractivity contribution >= 4 is 44.2 Å². The number of anilines is 2. The van der Waals surface area contributed by atoms with Crippen LogP contribution in [-0.4, -0.2) is 58.1 Å². The number of thiazole rings is 1. The first kappa shape index (κ1) is 26.0. The lowest BCUT2D eigenvalue weighted by Crippen LogP contribution is -2.59. The van der Waals surface area contributed by atoms with Gasteiger partial charge in [-0.25, -0.2) is 9.37 Å². The minimum absolute atomic E-state index is 0.119. The van der Waals surface area contributed by atoms with Gasteiger partial charge in [-0.1, -0.05) is 25.2 Å². The van der Waals surface area contributed by atoms with Gasteiger partial charge < -0.3 is 20.5 Å². The van der Waals surface area contributed by atoms with Gasteiger partial charge in [-0.3, -0.25) is 14.5 Å². The number of aliphatic hydroxyl groups is 1. The molecule has 1 aliphatic heterocycles. The first-order valence-electron chi connectivity index (χ1n) is 11.9. The molecule has 0 saturated carbocycles. The Morgan fingerprint density at radius 1 is 1.25 bits per heavy atom. The van der Waals surface area contributed by atoms with Gasteiger partial charge in [0.2, 0.25) is 11.8 Å². The van der Waals surface area contributed by atoms with Crippen molar-refractivity contribution in [2.45, 2.75) is 45.3 Å². The maximum absolute atomic E-state index is 13.3.